The first kappa shape index (κ1) is 13.9. The fourth-order valence-corrected chi connectivity index (χ4v) is 3.49. The molecule has 1 aromatic carbocycles. The maximum Gasteiger partial charge on any atom is 0.243 e. The van der Waals surface area contributed by atoms with E-state index in [1.54, 1.807) is 31.2 Å². The molecule has 0 unspecified atom stereocenters. The lowest BCUT2D eigenvalue weighted by Gasteiger charge is -2.15. The Morgan fingerprint density at radius 3 is 2.42 bits per heavy atom. The predicted octanol–water partition coefficient (Wildman–Crippen LogP) is 1.87. The van der Waals surface area contributed by atoms with Crippen molar-refractivity contribution in [1.29, 1.82) is 0 Å². The van der Waals surface area contributed by atoms with Crippen LogP contribution in [0, 0.1) is 11.8 Å². The van der Waals surface area contributed by atoms with Crippen molar-refractivity contribution >= 4 is 10.0 Å². The van der Waals surface area contributed by atoms with Gasteiger partial charge in [-0.15, -0.1) is 5.92 Å². The SMILES string of the molecule is CC#CCOc1ccc(S(=O)(=O)N2CCCC2)cc1. The van der Waals surface area contributed by atoms with Gasteiger partial charge in [-0.05, 0) is 44.0 Å². The van der Waals surface area contributed by atoms with E-state index in [0.717, 1.165) is 12.8 Å². The summed E-state index contributed by atoms with van der Waals surface area (Å²) in [6.45, 7) is 3.29. The third kappa shape index (κ3) is 3.28. The van der Waals surface area contributed by atoms with Crippen LogP contribution >= 0.6 is 0 Å². The van der Waals surface area contributed by atoms with Gasteiger partial charge in [0.05, 0.1) is 4.90 Å². The Bertz CT molecular complexity index is 575. The van der Waals surface area contributed by atoms with Crippen molar-refractivity contribution in [2.45, 2.75) is 24.7 Å². The number of ether oxygens (including phenoxy) is 1. The molecule has 0 N–H and O–H groups in total. The van der Waals surface area contributed by atoms with Crippen LogP contribution in [0.2, 0.25) is 0 Å². The normalized spacial score (nSPS) is 15.8. The van der Waals surface area contributed by atoms with Gasteiger partial charge in [0, 0.05) is 13.1 Å². The molecule has 0 atom stereocenters. The summed E-state index contributed by atoms with van der Waals surface area (Å²) in [6.07, 6.45) is 1.88. The Labute approximate surface area is 114 Å². The van der Waals surface area contributed by atoms with Crippen molar-refractivity contribution in [3.63, 3.8) is 0 Å². The second-order valence-corrected chi connectivity index (χ2v) is 6.24. The lowest BCUT2D eigenvalue weighted by Crippen LogP contribution is -2.27. The molecule has 4 nitrogen and oxygen atoms in total. The first-order valence-electron chi connectivity index (χ1n) is 6.27. The highest BCUT2D eigenvalue weighted by molar-refractivity contribution is 7.89. The van der Waals surface area contributed by atoms with Crippen molar-refractivity contribution < 1.29 is 13.2 Å². The maximum atomic E-state index is 12.3. The zero-order valence-electron chi connectivity index (χ0n) is 10.9. The molecule has 0 aromatic heterocycles. The van der Waals surface area contributed by atoms with Crippen LogP contribution in [0.3, 0.4) is 0 Å². The minimum Gasteiger partial charge on any atom is -0.481 e. The highest BCUT2D eigenvalue weighted by Crippen LogP contribution is 2.22. The van der Waals surface area contributed by atoms with Crippen LogP contribution in [0.25, 0.3) is 0 Å². The van der Waals surface area contributed by atoms with E-state index in [-0.39, 0.29) is 0 Å². The molecule has 1 saturated heterocycles. The number of sulfonamides is 1. The van der Waals surface area contributed by atoms with Gasteiger partial charge >= 0.3 is 0 Å². The second-order valence-electron chi connectivity index (χ2n) is 4.30. The topological polar surface area (TPSA) is 46.6 Å². The molecule has 0 amide bonds. The number of hydrogen-bond donors (Lipinski definition) is 0. The van der Waals surface area contributed by atoms with Gasteiger partial charge in [-0.3, -0.25) is 0 Å². The monoisotopic (exact) mass is 279 g/mol. The van der Waals surface area contributed by atoms with Crippen molar-refractivity contribution in [3.05, 3.63) is 24.3 Å². The fourth-order valence-electron chi connectivity index (χ4n) is 1.98. The molecular formula is C14H17NO3S. The molecule has 1 heterocycles. The Morgan fingerprint density at radius 1 is 1.21 bits per heavy atom. The summed E-state index contributed by atoms with van der Waals surface area (Å²) in [5, 5.41) is 0. The standard InChI is InChI=1S/C14H17NO3S/c1-2-3-12-18-13-6-8-14(9-7-13)19(16,17)15-10-4-5-11-15/h6-9H,4-5,10-12H2,1H3. The molecule has 2 rings (SSSR count). The largest absolute Gasteiger partial charge is 0.481 e. The molecule has 1 aromatic rings. The van der Waals surface area contributed by atoms with E-state index < -0.39 is 10.0 Å². The summed E-state index contributed by atoms with van der Waals surface area (Å²) in [6, 6.07) is 6.51. The smallest absolute Gasteiger partial charge is 0.243 e. The van der Waals surface area contributed by atoms with Crippen LogP contribution in [0.4, 0.5) is 0 Å². The number of hydrogen-bond acceptors (Lipinski definition) is 3. The van der Waals surface area contributed by atoms with E-state index in [0.29, 0.717) is 30.3 Å². The number of nitrogens with zero attached hydrogens (tertiary/aromatic N) is 1. The van der Waals surface area contributed by atoms with Crippen LogP contribution in [0.15, 0.2) is 29.2 Å². The van der Waals surface area contributed by atoms with E-state index in [2.05, 4.69) is 11.8 Å². The quantitative estimate of drug-likeness (QED) is 0.791. The molecule has 0 radical (unpaired) electrons. The van der Waals surface area contributed by atoms with Crippen molar-refractivity contribution in [2.75, 3.05) is 19.7 Å². The van der Waals surface area contributed by atoms with Crippen molar-refractivity contribution in [1.82, 2.24) is 4.31 Å². The lowest BCUT2D eigenvalue weighted by atomic mass is 10.3. The third-order valence-electron chi connectivity index (χ3n) is 3.01. The average molecular weight is 279 g/mol. The van der Waals surface area contributed by atoms with Gasteiger partial charge in [-0.2, -0.15) is 4.31 Å². The van der Waals surface area contributed by atoms with Crippen molar-refractivity contribution in [3.8, 4) is 17.6 Å². The van der Waals surface area contributed by atoms with E-state index >= 15 is 0 Å². The second kappa shape index (κ2) is 6.09. The molecule has 102 valence electrons. The van der Waals surface area contributed by atoms with E-state index in [1.807, 2.05) is 0 Å². The van der Waals surface area contributed by atoms with E-state index in [9.17, 15) is 8.42 Å². The number of benzene rings is 1. The summed E-state index contributed by atoms with van der Waals surface area (Å²) in [5.41, 5.74) is 0. The highest BCUT2D eigenvalue weighted by atomic mass is 32.2. The third-order valence-corrected chi connectivity index (χ3v) is 4.93. The Balaban J connectivity index is 2.10. The maximum absolute atomic E-state index is 12.3. The van der Waals surface area contributed by atoms with Gasteiger partial charge in [-0.25, -0.2) is 8.42 Å². The average Bonchev–Trinajstić information content (AvgIpc) is 2.94. The summed E-state index contributed by atoms with van der Waals surface area (Å²) in [5.74, 6) is 6.15. The summed E-state index contributed by atoms with van der Waals surface area (Å²) < 4.78 is 31.4. The highest BCUT2D eigenvalue weighted by Gasteiger charge is 2.26. The molecule has 0 saturated carbocycles. The van der Waals surface area contributed by atoms with Gasteiger partial charge in [-0.1, -0.05) is 5.92 Å². The van der Waals surface area contributed by atoms with Gasteiger partial charge in [0.25, 0.3) is 0 Å². The van der Waals surface area contributed by atoms with Gasteiger partial charge in [0.2, 0.25) is 10.0 Å². The summed E-state index contributed by atoms with van der Waals surface area (Å²) >= 11 is 0. The van der Waals surface area contributed by atoms with Crippen LogP contribution in [-0.4, -0.2) is 32.4 Å². The van der Waals surface area contributed by atoms with Crippen LogP contribution in [-0.2, 0) is 10.0 Å². The van der Waals surface area contributed by atoms with Gasteiger partial charge in [0.15, 0.2) is 0 Å². The van der Waals surface area contributed by atoms with Gasteiger partial charge < -0.3 is 4.74 Å². The Kier molecular flexibility index (Phi) is 4.46. The minimum absolute atomic E-state index is 0.314. The fraction of sp³-hybridized carbons (Fsp3) is 0.429. The predicted molar refractivity (Wildman–Crippen MR) is 73.4 cm³/mol. The van der Waals surface area contributed by atoms with E-state index in [1.165, 1.54) is 4.31 Å². The molecule has 1 aliphatic heterocycles. The molecule has 19 heavy (non-hydrogen) atoms. The molecule has 0 aliphatic carbocycles. The van der Waals surface area contributed by atoms with E-state index in [4.69, 9.17) is 4.74 Å². The zero-order chi connectivity index (χ0) is 13.7. The van der Waals surface area contributed by atoms with Crippen LogP contribution in [0.5, 0.6) is 5.75 Å². The first-order valence-corrected chi connectivity index (χ1v) is 7.71. The number of rotatable bonds is 4. The van der Waals surface area contributed by atoms with Gasteiger partial charge in [0.1, 0.15) is 12.4 Å². The van der Waals surface area contributed by atoms with Crippen molar-refractivity contribution in [2.24, 2.45) is 0 Å². The van der Waals surface area contributed by atoms with Crippen LogP contribution < -0.4 is 4.74 Å². The molecule has 1 fully saturated rings. The minimum atomic E-state index is -3.33. The summed E-state index contributed by atoms with van der Waals surface area (Å²) in [7, 11) is -3.33. The summed E-state index contributed by atoms with van der Waals surface area (Å²) in [4.78, 5) is 0.323. The molecule has 1 aliphatic rings. The molecule has 0 bridgehead atoms. The lowest BCUT2D eigenvalue weighted by molar-refractivity contribution is 0.370. The Hall–Kier alpha value is -1.51. The Morgan fingerprint density at radius 2 is 1.84 bits per heavy atom. The molecule has 5 heteroatoms. The molecular weight excluding hydrogens is 262 g/mol. The molecule has 0 spiro atoms. The first-order chi connectivity index (χ1) is 9.14. The zero-order valence-corrected chi connectivity index (χ0v) is 11.7. The van der Waals surface area contributed by atoms with Crippen LogP contribution in [0.1, 0.15) is 19.8 Å².